The zero-order valence-corrected chi connectivity index (χ0v) is 15.0. The van der Waals surface area contributed by atoms with E-state index in [2.05, 4.69) is 10.4 Å². The summed E-state index contributed by atoms with van der Waals surface area (Å²) in [6, 6.07) is 5.35. The zero-order chi connectivity index (χ0) is 17.4. The summed E-state index contributed by atoms with van der Waals surface area (Å²) in [5.41, 5.74) is 2.70. The van der Waals surface area contributed by atoms with Crippen molar-refractivity contribution >= 4 is 34.5 Å². The minimum absolute atomic E-state index is 0.263. The van der Waals surface area contributed by atoms with Gasteiger partial charge in [-0.05, 0) is 38.0 Å². The Balaban J connectivity index is 1.84. The van der Waals surface area contributed by atoms with Crippen molar-refractivity contribution in [3.63, 3.8) is 0 Å². The molecule has 1 aliphatic rings. The van der Waals surface area contributed by atoms with E-state index in [1.165, 1.54) is 0 Å². The van der Waals surface area contributed by atoms with Crippen LogP contribution < -0.4 is 10.1 Å². The molecule has 0 spiro atoms. The average molecular weight is 366 g/mol. The molecule has 1 unspecified atom stereocenters. The number of aromatic nitrogens is 2. The topological polar surface area (TPSA) is 73.2 Å². The van der Waals surface area contributed by atoms with E-state index in [1.54, 1.807) is 23.9 Å². The van der Waals surface area contributed by atoms with Gasteiger partial charge in [-0.2, -0.15) is 5.10 Å². The molecule has 1 atom stereocenters. The average Bonchev–Trinajstić information content (AvgIpc) is 2.95. The summed E-state index contributed by atoms with van der Waals surface area (Å²) in [4.78, 5) is 23.0. The van der Waals surface area contributed by atoms with Crippen LogP contribution in [-0.2, 0) is 18.3 Å². The third-order valence-electron chi connectivity index (χ3n) is 3.85. The van der Waals surface area contributed by atoms with Crippen molar-refractivity contribution < 1.29 is 14.3 Å². The number of amides is 2. The van der Waals surface area contributed by atoms with E-state index in [0.29, 0.717) is 23.1 Å². The van der Waals surface area contributed by atoms with Crippen LogP contribution in [0, 0.1) is 13.8 Å². The quantitative estimate of drug-likeness (QED) is 0.899. The largest absolute Gasteiger partial charge is 0.437 e. The van der Waals surface area contributed by atoms with Gasteiger partial charge in [-0.1, -0.05) is 29.4 Å². The lowest BCUT2D eigenvalue weighted by atomic mass is 10.1. The molecule has 3 rings (SSSR count). The number of benzene rings is 1. The van der Waals surface area contributed by atoms with Crippen molar-refractivity contribution in [3.05, 3.63) is 40.0 Å². The number of hydrogen-bond donors (Lipinski definition) is 1. The summed E-state index contributed by atoms with van der Waals surface area (Å²) in [6.07, 6.45) is 0.430. The minimum Gasteiger partial charge on any atom is -0.437 e. The number of hydrogen-bond acceptors (Lipinski definition) is 5. The third kappa shape index (κ3) is 3.27. The Morgan fingerprint density at radius 1 is 1.38 bits per heavy atom. The van der Waals surface area contributed by atoms with Crippen molar-refractivity contribution in [1.29, 1.82) is 0 Å². The Hall–Kier alpha value is -1.99. The number of carbonyl (C=O) groups is 2. The fourth-order valence-electron chi connectivity index (χ4n) is 2.48. The van der Waals surface area contributed by atoms with Crippen LogP contribution >= 0.6 is 23.4 Å². The molecule has 0 bridgehead atoms. The Bertz CT molecular complexity index is 834. The van der Waals surface area contributed by atoms with E-state index in [4.69, 9.17) is 16.3 Å². The van der Waals surface area contributed by atoms with Gasteiger partial charge in [0.1, 0.15) is 5.75 Å². The summed E-state index contributed by atoms with van der Waals surface area (Å²) in [6.45, 7) is 3.84. The molecule has 0 radical (unpaired) electrons. The SMILES string of the molecule is Cc1nn(C)c(Oc2cc(CC3SC(=O)NC3=O)ccc2Cl)c1C. The molecule has 1 fully saturated rings. The lowest BCUT2D eigenvalue weighted by molar-refractivity contribution is -0.118. The number of ether oxygens (including phenoxy) is 1. The molecular weight excluding hydrogens is 350 g/mol. The third-order valence-corrected chi connectivity index (χ3v) is 5.14. The van der Waals surface area contributed by atoms with Gasteiger partial charge in [0.25, 0.3) is 5.24 Å². The molecule has 0 saturated carbocycles. The maximum Gasteiger partial charge on any atom is 0.286 e. The number of rotatable bonds is 4. The van der Waals surface area contributed by atoms with E-state index < -0.39 is 5.25 Å². The standard InChI is InChI=1S/C16H16ClN3O3S/c1-8-9(2)19-20(3)15(8)23-12-6-10(4-5-11(12)17)7-13-14(21)18-16(22)24-13/h4-6,13H,7H2,1-3H3,(H,18,21,22). The fourth-order valence-corrected chi connectivity index (χ4v) is 3.50. The normalized spacial score (nSPS) is 17.2. The minimum atomic E-state index is -0.424. The molecule has 8 heteroatoms. The number of nitrogens with zero attached hydrogens (tertiary/aromatic N) is 2. The molecule has 2 aromatic rings. The number of carbonyl (C=O) groups excluding carboxylic acids is 2. The van der Waals surface area contributed by atoms with Crippen molar-refractivity contribution in [3.8, 4) is 11.6 Å². The second-order valence-electron chi connectivity index (χ2n) is 5.59. The van der Waals surface area contributed by atoms with E-state index in [0.717, 1.165) is 28.6 Å². The smallest absolute Gasteiger partial charge is 0.286 e. The second kappa shape index (κ2) is 6.49. The fraction of sp³-hybridized carbons (Fsp3) is 0.312. The molecule has 1 aliphatic heterocycles. The first-order chi connectivity index (χ1) is 11.3. The molecule has 24 heavy (non-hydrogen) atoms. The van der Waals surface area contributed by atoms with Gasteiger partial charge in [-0.25, -0.2) is 4.68 Å². The van der Waals surface area contributed by atoms with E-state index in [-0.39, 0.29) is 11.1 Å². The van der Waals surface area contributed by atoms with E-state index in [9.17, 15) is 9.59 Å². The van der Waals surface area contributed by atoms with Crippen LogP contribution in [0.15, 0.2) is 18.2 Å². The number of nitrogens with one attached hydrogen (secondary N) is 1. The van der Waals surface area contributed by atoms with Gasteiger partial charge >= 0.3 is 0 Å². The summed E-state index contributed by atoms with van der Waals surface area (Å²) < 4.78 is 7.60. The lowest BCUT2D eigenvalue weighted by Crippen LogP contribution is -2.25. The van der Waals surface area contributed by atoms with E-state index in [1.807, 2.05) is 19.9 Å². The highest BCUT2D eigenvalue weighted by molar-refractivity contribution is 8.15. The highest BCUT2D eigenvalue weighted by Crippen LogP contribution is 2.33. The first-order valence-corrected chi connectivity index (χ1v) is 8.59. The van der Waals surface area contributed by atoms with Crippen LogP contribution in [0.4, 0.5) is 4.79 Å². The van der Waals surface area contributed by atoms with Crippen LogP contribution in [0.5, 0.6) is 11.6 Å². The second-order valence-corrected chi connectivity index (χ2v) is 7.18. The number of thioether (sulfide) groups is 1. The van der Waals surface area contributed by atoms with Crippen LogP contribution in [0.25, 0.3) is 0 Å². The predicted molar refractivity (Wildman–Crippen MR) is 92.8 cm³/mol. The summed E-state index contributed by atoms with van der Waals surface area (Å²) in [5, 5.41) is 6.34. The predicted octanol–water partition coefficient (Wildman–Crippen LogP) is 3.38. The van der Waals surface area contributed by atoms with Gasteiger partial charge in [-0.3, -0.25) is 14.9 Å². The molecule has 0 aliphatic carbocycles. The first kappa shape index (κ1) is 16.9. The molecule has 126 valence electrons. The molecular formula is C16H16ClN3O3S. The Morgan fingerprint density at radius 3 is 2.71 bits per heavy atom. The number of halogens is 1. The van der Waals surface area contributed by atoms with Crippen LogP contribution in [-0.4, -0.2) is 26.2 Å². The molecule has 1 saturated heterocycles. The molecule has 2 amide bonds. The van der Waals surface area contributed by atoms with Gasteiger partial charge in [-0.15, -0.1) is 0 Å². The molecule has 2 heterocycles. The maximum atomic E-state index is 11.7. The first-order valence-electron chi connectivity index (χ1n) is 7.33. The highest BCUT2D eigenvalue weighted by atomic mass is 35.5. The summed E-state index contributed by atoms with van der Waals surface area (Å²) in [7, 11) is 1.80. The van der Waals surface area contributed by atoms with Crippen molar-refractivity contribution in [1.82, 2.24) is 15.1 Å². The van der Waals surface area contributed by atoms with Gasteiger partial charge < -0.3 is 4.74 Å². The van der Waals surface area contributed by atoms with Gasteiger partial charge in [0.2, 0.25) is 11.8 Å². The van der Waals surface area contributed by atoms with Crippen LogP contribution in [0.2, 0.25) is 5.02 Å². The summed E-state index contributed by atoms with van der Waals surface area (Å²) >= 11 is 7.24. The molecule has 1 aromatic heterocycles. The Morgan fingerprint density at radius 2 is 2.12 bits per heavy atom. The number of imide groups is 1. The van der Waals surface area contributed by atoms with Gasteiger partial charge in [0, 0.05) is 12.6 Å². The Labute approximate surface area is 148 Å². The maximum absolute atomic E-state index is 11.7. The van der Waals surface area contributed by atoms with Gasteiger partial charge in [0.15, 0.2) is 0 Å². The Kier molecular flexibility index (Phi) is 4.56. The molecule has 6 nitrogen and oxygen atoms in total. The van der Waals surface area contributed by atoms with Crippen molar-refractivity contribution in [2.75, 3.05) is 0 Å². The van der Waals surface area contributed by atoms with Gasteiger partial charge in [0.05, 0.1) is 16.0 Å². The van der Waals surface area contributed by atoms with Crippen molar-refractivity contribution in [2.45, 2.75) is 25.5 Å². The van der Waals surface area contributed by atoms with Crippen molar-refractivity contribution in [2.24, 2.45) is 7.05 Å². The molecule has 1 aromatic carbocycles. The number of aryl methyl sites for hydroxylation is 2. The highest BCUT2D eigenvalue weighted by Gasteiger charge is 2.31. The monoisotopic (exact) mass is 365 g/mol. The van der Waals surface area contributed by atoms with E-state index >= 15 is 0 Å². The van der Waals surface area contributed by atoms with Crippen LogP contribution in [0.1, 0.15) is 16.8 Å². The summed E-state index contributed by atoms with van der Waals surface area (Å²) in [5.74, 6) is 0.852. The zero-order valence-electron chi connectivity index (χ0n) is 13.4. The molecule has 1 N–H and O–H groups in total. The van der Waals surface area contributed by atoms with Crippen LogP contribution in [0.3, 0.4) is 0 Å². The lowest BCUT2D eigenvalue weighted by Gasteiger charge is -2.11.